The van der Waals surface area contributed by atoms with Crippen molar-refractivity contribution in [3.63, 3.8) is 0 Å². The van der Waals surface area contributed by atoms with E-state index in [0.29, 0.717) is 26.1 Å². The van der Waals surface area contributed by atoms with Gasteiger partial charge >= 0.3 is 12.1 Å². The Kier molecular flexibility index (Phi) is 6.66. The van der Waals surface area contributed by atoms with Crippen molar-refractivity contribution in [2.45, 2.75) is 59.0 Å². The molecular formula is C16H29NO5. The third kappa shape index (κ3) is 5.83. The third-order valence-corrected chi connectivity index (χ3v) is 3.85. The maximum atomic E-state index is 11.8. The van der Waals surface area contributed by atoms with Crippen molar-refractivity contribution < 1.29 is 24.2 Å². The van der Waals surface area contributed by atoms with Gasteiger partial charge in [-0.15, -0.1) is 0 Å². The molecule has 1 amide bonds. The summed E-state index contributed by atoms with van der Waals surface area (Å²) in [5.74, 6) is -0.718. The highest BCUT2D eigenvalue weighted by molar-refractivity contribution is 5.77. The molecule has 0 bridgehead atoms. The van der Waals surface area contributed by atoms with Crippen molar-refractivity contribution in [3.05, 3.63) is 0 Å². The minimum Gasteiger partial charge on any atom is -0.481 e. The van der Waals surface area contributed by atoms with Gasteiger partial charge in [-0.05, 0) is 59.3 Å². The molecular weight excluding hydrogens is 286 g/mol. The van der Waals surface area contributed by atoms with Crippen LogP contribution in [0.4, 0.5) is 4.79 Å². The van der Waals surface area contributed by atoms with Gasteiger partial charge in [0.05, 0.1) is 5.41 Å². The number of amides is 1. The lowest BCUT2D eigenvalue weighted by Crippen LogP contribution is -2.46. The van der Waals surface area contributed by atoms with Crippen molar-refractivity contribution in [3.8, 4) is 0 Å². The zero-order valence-electron chi connectivity index (χ0n) is 14.1. The SMILES string of the molecule is CCOCCCC(CNC(=O)OC(C)(C)C)(C(=O)O)C1CC1. The van der Waals surface area contributed by atoms with Crippen LogP contribution in [-0.4, -0.2) is 42.5 Å². The van der Waals surface area contributed by atoms with Gasteiger partial charge in [0.2, 0.25) is 0 Å². The summed E-state index contributed by atoms with van der Waals surface area (Å²) in [5, 5.41) is 12.3. The van der Waals surface area contributed by atoms with Crippen LogP contribution in [0.5, 0.6) is 0 Å². The molecule has 1 atom stereocenters. The van der Waals surface area contributed by atoms with E-state index >= 15 is 0 Å². The Hall–Kier alpha value is -1.30. The minimum atomic E-state index is -0.909. The van der Waals surface area contributed by atoms with Crippen LogP contribution in [0.15, 0.2) is 0 Å². The predicted molar refractivity (Wildman–Crippen MR) is 82.8 cm³/mol. The highest BCUT2D eigenvalue weighted by atomic mass is 16.6. The van der Waals surface area contributed by atoms with Crippen molar-refractivity contribution in [1.29, 1.82) is 0 Å². The van der Waals surface area contributed by atoms with E-state index in [1.165, 1.54) is 0 Å². The number of rotatable bonds is 9. The van der Waals surface area contributed by atoms with Gasteiger partial charge in [-0.1, -0.05) is 0 Å². The Morgan fingerprint density at radius 1 is 1.27 bits per heavy atom. The van der Waals surface area contributed by atoms with Crippen LogP contribution < -0.4 is 5.32 Å². The number of carboxylic acid groups (broad SMARTS) is 1. The van der Waals surface area contributed by atoms with Gasteiger partial charge in [0, 0.05) is 19.8 Å². The fraction of sp³-hybridized carbons (Fsp3) is 0.875. The predicted octanol–water partition coefficient (Wildman–Crippen LogP) is 2.81. The smallest absolute Gasteiger partial charge is 0.407 e. The Balaban J connectivity index is 2.62. The molecule has 6 heteroatoms. The fourth-order valence-corrected chi connectivity index (χ4v) is 2.61. The molecule has 2 N–H and O–H groups in total. The van der Waals surface area contributed by atoms with E-state index in [2.05, 4.69) is 5.32 Å². The monoisotopic (exact) mass is 315 g/mol. The Labute approximate surface area is 132 Å². The molecule has 128 valence electrons. The van der Waals surface area contributed by atoms with Gasteiger partial charge in [-0.2, -0.15) is 0 Å². The lowest BCUT2D eigenvalue weighted by atomic mass is 9.78. The van der Waals surface area contributed by atoms with Crippen LogP contribution in [0.1, 0.15) is 53.4 Å². The maximum absolute atomic E-state index is 11.8. The van der Waals surface area contributed by atoms with Gasteiger partial charge in [-0.25, -0.2) is 4.79 Å². The van der Waals surface area contributed by atoms with Crippen LogP contribution in [0.25, 0.3) is 0 Å². The van der Waals surface area contributed by atoms with Gasteiger partial charge in [0.1, 0.15) is 5.60 Å². The first-order chi connectivity index (χ1) is 10.2. The number of carboxylic acids is 1. The normalized spacial score (nSPS) is 17.6. The van der Waals surface area contributed by atoms with Crippen molar-refractivity contribution >= 4 is 12.1 Å². The minimum absolute atomic E-state index is 0.105. The van der Waals surface area contributed by atoms with Crippen molar-refractivity contribution in [2.24, 2.45) is 11.3 Å². The van der Waals surface area contributed by atoms with E-state index in [0.717, 1.165) is 12.8 Å². The van der Waals surface area contributed by atoms with Crippen LogP contribution in [0.2, 0.25) is 0 Å². The average molecular weight is 315 g/mol. The fourth-order valence-electron chi connectivity index (χ4n) is 2.61. The van der Waals surface area contributed by atoms with Gasteiger partial charge in [0.15, 0.2) is 0 Å². The summed E-state index contributed by atoms with van der Waals surface area (Å²) in [6.45, 7) is 8.52. The number of carbonyl (C=O) groups is 2. The molecule has 22 heavy (non-hydrogen) atoms. The Morgan fingerprint density at radius 2 is 1.91 bits per heavy atom. The van der Waals surface area contributed by atoms with E-state index in [1.54, 1.807) is 20.8 Å². The number of hydrogen-bond acceptors (Lipinski definition) is 4. The van der Waals surface area contributed by atoms with Gasteiger partial charge < -0.3 is 19.9 Å². The topological polar surface area (TPSA) is 84.9 Å². The number of carbonyl (C=O) groups excluding carboxylic acids is 1. The summed E-state index contributed by atoms with van der Waals surface area (Å²) in [6, 6.07) is 0. The second kappa shape index (κ2) is 7.81. The lowest BCUT2D eigenvalue weighted by molar-refractivity contribution is -0.150. The quantitative estimate of drug-likeness (QED) is 0.639. The zero-order valence-corrected chi connectivity index (χ0v) is 14.1. The summed E-state index contributed by atoms with van der Waals surface area (Å²) in [5.41, 5.74) is -1.50. The molecule has 0 saturated heterocycles. The Bertz CT molecular complexity index is 386. The van der Waals surface area contributed by atoms with E-state index in [1.807, 2.05) is 6.92 Å². The molecule has 6 nitrogen and oxygen atoms in total. The Morgan fingerprint density at radius 3 is 2.36 bits per heavy atom. The first-order valence-corrected chi connectivity index (χ1v) is 7.99. The summed E-state index contributed by atoms with van der Waals surface area (Å²) in [6.07, 6.45) is 2.41. The number of alkyl carbamates (subject to hydrolysis) is 1. The summed E-state index contributed by atoms with van der Waals surface area (Å²) in [4.78, 5) is 23.6. The summed E-state index contributed by atoms with van der Waals surface area (Å²) < 4.78 is 10.5. The molecule has 1 unspecified atom stereocenters. The second-order valence-corrected chi connectivity index (χ2v) is 6.89. The first-order valence-electron chi connectivity index (χ1n) is 7.99. The molecule has 1 aliphatic rings. The third-order valence-electron chi connectivity index (χ3n) is 3.85. The van der Waals surface area contributed by atoms with Crippen LogP contribution >= 0.6 is 0 Å². The number of nitrogens with one attached hydrogen (secondary N) is 1. The number of hydrogen-bond donors (Lipinski definition) is 2. The molecule has 1 aliphatic carbocycles. The van der Waals surface area contributed by atoms with Gasteiger partial charge in [-0.3, -0.25) is 4.79 Å². The van der Waals surface area contributed by atoms with Crippen LogP contribution in [0.3, 0.4) is 0 Å². The molecule has 0 radical (unpaired) electrons. The standard InChI is InChI=1S/C16H29NO5/c1-5-21-10-6-9-16(13(18)19,12-7-8-12)11-17-14(20)22-15(2,3)4/h12H,5-11H2,1-4H3,(H,17,20)(H,18,19). The van der Waals surface area contributed by atoms with Crippen molar-refractivity contribution in [1.82, 2.24) is 5.32 Å². The highest BCUT2D eigenvalue weighted by Gasteiger charge is 2.50. The zero-order chi connectivity index (χ0) is 16.8. The molecule has 1 saturated carbocycles. The molecule has 1 fully saturated rings. The highest BCUT2D eigenvalue weighted by Crippen LogP contribution is 2.48. The molecule has 0 aliphatic heterocycles. The average Bonchev–Trinajstić information content (AvgIpc) is 3.20. The molecule has 0 heterocycles. The summed E-state index contributed by atoms with van der Waals surface area (Å²) >= 11 is 0. The van der Waals surface area contributed by atoms with E-state index < -0.39 is 23.1 Å². The maximum Gasteiger partial charge on any atom is 0.407 e. The van der Waals surface area contributed by atoms with Crippen LogP contribution in [-0.2, 0) is 14.3 Å². The second-order valence-electron chi connectivity index (χ2n) is 6.89. The molecule has 0 aromatic heterocycles. The molecule has 1 rings (SSSR count). The summed E-state index contributed by atoms with van der Waals surface area (Å²) in [7, 11) is 0. The first kappa shape index (κ1) is 18.7. The molecule has 0 spiro atoms. The number of ether oxygens (including phenoxy) is 2. The van der Waals surface area contributed by atoms with Gasteiger partial charge in [0.25, 0.3) is 0 Å². The van der Waals surface area contributed by atoms with E-state index in [4.69, 9.17) is 9.47 Å². The molecule has 0 aromatic carbocycles. The number of aliphatic carboxylic acids is 1. The van der Waals surface area contributed by atoms with E-state index in [9.17, 15) is 14.7 Å². The van der Waals surface area contributed by atoms with Crippen molar-refractivity contribution in [2.75, 3.05) is 19.8 Å². The lowest BCUT2D eigenvalue weighted by Gasteiger charge is -2.30. The largest absolute Gasteiger partial charge is 0.481 e. The van der Waals surface area contributed by atoms with Crippen LogP contribution in [0, 0.1) is 11.3 Å². The van der Waals surface area contributed by atoms with E-state index in [-0.39, 0.29) is 12.5 Å². The molecule has 0 aromatic rings.